The lowest BCUT2D eigenvalue weighted by molar-refractivity contribution is -0.130. The molecule has 1 amide bonds. The highest BCUT2D eigenvalue weighted by atomic mass is 32.2. The Balaban J connectivity index is 1.33. The largest absolute Gasteiger partial charge is 0.366 e. The molecule has 2 aromatic carbocycles. The third-order valence-corrected chi connectivity index (χ3v) is 7.97. The van der Waals surface area contributed by atoms with Crippen molar-refractivity contribution in [3.63, 3.8) is 0 Å². The number of rotatable bonds is 5. The van der Waals surface area contributed by atoms with Crippen molar-refractivity contribution in [1.82, 2.24) is 9.21 Å². The van der Waals surface area contributed by atoms with Crippen molar-refractivity contribution in [2.24, 2.45) is 0 Å². The number of para-hydroxylation sites is 1. The number of nitrogens with zero attached hydrogens (tertiary/aromatic N) is 3. The predicted molar refractivity (Wildman–Crippen MR) is 118 cm³/mol. The first kappa shape index (κ1) is 21.8. The van der Waals surface area contributed by atoms with Crippen LogP contribution in [0.4, 0.5) is 10.1 Å². The highest BCUT2D eigenvalue weighted by Crippen LogP contribution is 2.22. The molecule has 0 unspecified atom stereocenters. The van der Waals surface area contributed by atoms with E-state index in [9.17, 15) is 17.6 Å². The van der Waals surface area contributed by atoms with Gasteiger partial charge in [0.05, 0.1) is 17.0 Å². The quantitative estimate of drug-likeness (QED) is 0.710. The number of benzene rings is 2. The van der Waals surface area contributed by atoms with Crippen molar-refractivity contribution in [1.29, 1.82) is 0 Å². The standard InChI is InChI=1S/C23H28FN3O3S/c24-21-6-2-3-7-22(21)25-14-16-26(17-15-25)23(28)18-19-8-10-20(11-9-19)31(29,30)27-12-4-1-5-13-27/h2-3,6-11H,1,4-5,12-18H2. The van der Waals surface area contributed by atoms with Crippen LogP contribution in [0.1, 0.15) is 24.8 Å². The van der Waals surface area contributed by atoms with Gasteiger partial charge in [0.15, 0.2) is 0 Å². The van der Waals surface area contributed by atoms with E-state index in [1.54, 1.807) is 45.6 Å². The molecule has 0 bridgehead atoms. The lowest BCUT2D eigenvalue weighted by Crippen LogP contribution is -2.49. The molecule has 2 fully saturated rings. The molecule has 2 aliphatic heterocycles. The van der Waals surface area contributed by atoms with Crippen molar-refractivity contribution in [3.05, 3.63) is 59.9 Å². The van der Waals surface area contributed by atoms with Gasteiger partial charge in [-0.3, -0.25) is 4.79 Å². The molecule has 31 heavy (non-hydrogen) atoms. The Kier molecular flexibility index (Phi) is 6.57. The maximum Gasteiger partial charge on any atom is 0.243 e. The second-order valence-corrected chi connectivity index (χ2v) is 10.0. The number of halogens is 1. The topological polar surface area (TPSA) is 60.9 Å². The van der Waals surface area contributed by atoms with Crippen LogP contribution in [0.25, 0.3) is 0 Å². The zero-order valence-corrected chi connectivity index (χ0v) is 18.4. The highest BCUT2D eigenvalue weighted by Gasteiger charge is 2.26. The van der Waals surface area contributed by atoms with Gasteiger partial charge in [0, 0.05) is 39.3 Å². The summed E-state index contributed by atoms with van der Waals surface area (Å²) >= 11 is 0. The molecule has 0 atom stereocenters. The molecule has 2 aromatic rings. The van der Waals surface area contributed by atoms with Crippen LogP contribution in [0.5, 0.6) is 0 Å². The van der Waals surface area contributed by atoms with Crippen LogP contribution < -0.4 is 4.90 Å². The number of hydrogen-bond donors (Lipinski definition) is 0. The lowest BCUT2D eigenvalue weighted by Gasteiger charge is -2.36. The zero-order chi connectivity index (χ0) is 21.8. The number of amides is 1. The number of piperidine rings is 1. The molecule has 0 spiro atoms. The molecule has 4 rings (SSSR count). The summed E-state index contributed by atoms with van der Waals surface area (Å²) in [7, 11) is -3.46. The second-order valence-electron chi connectivity index (χ2n) is 8.10. The molecular formula is C23H28FN3O3S. The molecule has 0 radical (unpaired) electrons. The fourth-order valence-electron chi connectivity index (χ4n) is 4.22. The summed E-state index contributed by atoms with van der Waals surface area (Å²) in [6.45, 7) is 3.38. The van der Waals surface area contributed by atoms with Crippen LogP contribution in [0.15, 0.2) is 53.4 Å². The van der Waals surface area contributed by atoms with Crippen molar-refractivity contribution >= 4 is 21.6 Å². The van der Waals surface area contributed by atoms with Gasteiger partial charge < -0.3 is 9.80 Å². The molecule has 2 saturated heterocycles. The van der Waals surface area contributed by atoms with E-state index in [-0.39, 0.29) is 23.0 Å². The lowest BCUT2D eigenvalue weighted by atomic mass is 10.1. The average molecular weight is 446 g/mol. The van der Waals surface area contributed by atoms with Crippen LogP contribution in [0.2, 0.25) is 0 Å². The first-order chi connectivity index (χ1) is 14.9. The Labute approximate surface area is 183 Å². The molecule has 2 aliphatic rings. The van der Waals surface area contributed by atoms with Gasteiger partial charge in [0.1, 0.15) is 5.82 Å². The first-order valence-corrected chi connectivity index (χ1v) is 12.3. The normalized spacial score (nSPS) is 18.2. The maximum atomic E-state index is 14.0. The molecule has 166 valence electrons. The van der Waals surface area contributed by atoms with Gasteiger partial charge in [-0.15, -0.1) is 0 Å². The average Bonchev–Trinajstić information content (AvgIpc) is 2.80. The minimum Gasteiger partial charge on any atom is -0.366 e. The summed E-state index contributed by atoms with van der Waals surface area (Å²) in [6.07, 6.45) is 3.09. The summed E-state index contributed by atoms with van der Waals surface area (Å²) in [5, 5.41) is 0. The van der Waals surface area contributed by atoms with Gasteiger partial charge in [-0.25, -0.2) is 12.8 Å². The molecule has 2 heterocycles. The van der Waals surface area contributed by atoms with E-state index in [0.29, 0.717) is 45.0 Å². The molecule has 0 aliphatic carbocycles. The smallest absolute Gasteiger partial charge is 0.243 e. The van der Waals surface area contributed by atoms with Gasteiger partial charge in [-0.05, 0) is 42.7 Å². The third kappa shape index (κ3) is 4.91. The molecule has 6 nitrogen and oxygen atoms in total. The van der Waals surface area contributed by atoms with Crippen molar-refractivity contribution in [2.45, 2.75) is 30.6 Å². The van der Waals surface area contributed by atoms with Gasteiger partial charge in [-0.1, -0.05) is 30.7 Å². The fraction of sp³-hybridized carbons (Fsp3) is 0.435. The van der Waals surface area contributed by atoms with Gasteiger partial charge in [0.2, 0.25) is 15.9 Å². The van der Waals surface area contributed by atoms with Crippen molar-refractivity contribution < 1.29 is 17.6 Å². The van der Waals surface area contributed by atoms with E-state index in [2.05, 4.69) is 0 Å². The maximum absolute atomic E-state index is 14.0. The minimum atomic E-state index is -3.46. The summed E-state index contributed by atoms with van der Waals surface area (Å²) < 4.78 is 41.1. The fourth-order valence-corrected chi connectivity index (χ4v) is 5.74. The van der Waals surface area contributed by atoms with Crippen molar-refractivity contribution in [2.75, 3.05) is 44.2 Å². The highest BCUT2D eigenvalue weighted by molar-refractivity contribution is 7.89. The van der Waals surface area contributed by atoms with E-state index in [4.69, 9.17) is 0 Å². The van der Waals surface area contributed by atoms with E-state index in [0.717, 1.165) is 24.8 Å². The van der Waals surface area contributed by atoms with E-state index < -0.39 is 10.0 Å². The Morgan fingerprint density at radius 2 is 1.48 bits per heavy atom. The number of anilines is 1. The SMILES string of the molecule is O=C(Cc1ccc(S(=O)(=O)N2CCCCC2)cc1)N1CCN(c2ccccc2F)CC1. The van der Waals surface area contributed by atoms with Crippen LogP contribution in [-0.2, 0) is 21.2 Å². The van der Waals surface area contributed by atoms with E-state index >= 15 is 0 Å². The number of carbonyl (C=O) groups excluding carboxylic acids is 1. The van der Waals surface area contributed by atoms with Gasteiger partial charge in [0.25, 0.3) is 0 Å². The zero-order valence-electron chi connectivity index (χ0n) is 17.5. The number of sulfonamides is 1. The Hall–Kier alpha value is -2.45. The number of carbonyl (C=O) groups is 1. The van der Waals surface area contributed by atoms with Crippen LogP contribution >= 0.6 is 0 Å². The molecule has 0 N–H and O–H groups in total. The summed E-state index contributed by atoms with van der Waals surface area (Å²) in [5.74, 6) is -0.248. The van der Waals surface area contributed by atoms with Crippen LogP contribution in [-0.4, -0.2) is 62.8 Å². The number of hydrogen-bond acceptors (Lipinski definition) is 4. The summed E-state index contributed by atoms with van der Waals surface area (Å²) in [4.78, 5) is 16.7. The Bertz CT molecular complexity index is 1010. The Morgan fingerprint density at radius 1 is 0.839 bits per heavy atom. The predicted octanol–water partition coefficient (Wildman–Crippen LogP) is 2.89. The minimum absolute atomic E-state index is 0.000165. The third-order valence-electron chi connectivity index (χ3n) is 6.06. The molecule has 0 saturated carbocycles. The Morgan fingerprint density at radius 3 is 2.13 bits per heavy atom. The van der Waals surface area contributed by atoms with E-state index in [1.165, 1.54) is 6.07 Å². The van der Waals surface area contributed by atoms with Crippen molar-refractivity contribution in [3.8, 4) is 0 Å². The number of piperazine rings is 1. The van der Waals surface area contributed by atoms with E-state index in [1.807, 2.05) is 11.0 Å². The van der Waals surface area contributed by atoms with Crippen LogP contribution in [0.3, 0.4) is 0 Å². The van der Waals surface area contributed by atoms with Gasteiger partial charge >= 0.3 is 0 Å². The second kappa shape index (κ2) is 9.36. The molecular weight excluding hydrogens is 417 g/mol. The van der Waals surface area contributed by atoms with Gasteiger partial charge in [-0.2, -0.15) is 4.31 Å². The summed E-state index contributed by atoms with van der Waals surface area (Å²) in [5.41, 5.74) is 1.36. The molecule has 0 aromatic heterocycles. The summed E-state index contributed by atoms with van der Waals surface area (Å²) in [6, 6.07) is 13.3. The first-order valence-electron chi connectivity index (χ1n) is 10.8. The molecule has 8 heteroatoms. The van der Waals surface area contributed by atoms with Crippen LogP contribution in [0, 0.1) is 5.82 Å². The monoisotopic (exact) mass is 445 g/mol.